The molecule has 0 radical (unpaired) electrons. The summed E-state index contributed by atoms with van der Waals surface area (Å²) in [4.78, 5) is 31.4. The molecule has 2 aliphatic rings. The number of halogens is 1. The predicted octanol–water partition coefficient (Wildman–Crippen LogP) is 4.11. The number of nitrogens with one attached hydrogen (secondary N) is 3. The molecule has 0 bridgehead atoms. The molecular formula is C26H34IN5O2. The molecule has 0 aromatic heterocycles. The van der Waals surface area contributed by atoms with Crippen LogP contribution in [0.1, 0.15) is 60.0 Å². The van der Waals surface area contributed by atoms with Crippen LogP contribution < -0.4 is 16.0 Å². The third-order valence-corrected chi connectivity index (χ3v) is 6.23. The van der Waals surface area contributed by atoms with Crippen LogP contribution in [0.3, 0.4) is 0 Å². The molecule has 1 unspecified atom stereocenters. The number of aliphatic imine (C=N–C) groups is 1. The zero-order chi connectivity index (χ0) is 23.0. The van der Waals surface area contributed by atoms with Crippen LogP contribution in [0.4, 0.5) is 5.69 Å². The van der Waals surface area contributed by atoms with Gasteiger partial charge in [-0.15, -0.1) is 24.0 Å². The maximum Gasteiger partial charge on any atom is 0.253 e. The lowest BCUT2D eigenvalue weighted by Gasteiger charge is -2.26. The van der Waals surface area contributed by atoms with Gasteiger partial charge in [0.25, 0.3) is 5.91 Å². The van der Waals surface area contributed by atoms with Crippen molar-refractivity contribution < 1.29 is 9.59 Å². The minimum absolute atomic E-state index is 0. The van der Waals surface area contributed by atoms with Crippen LogP contribution in [0, 0.1) is 0 Å². The minimum atomic E-state index is 0. The van der Waals surface area contributed by atoms with E-state index in [0.29, 0.717) is 19.5 Å². The quantitative estimate of drug-likeness (QED) is 0.275. The topological polar surface area (TPSA) is 85.8 Å². The summed E-state index contributed by atoms with van der Waals surface area (Å²) in [6.07, 6.45) is 3.85. The Bertz CT molecular complexity index is 1000. The molecule has 2 heterocycles. The van der Waals surface area contributed by atoms with Gasteiger partial charge in [0.2, 0.25) is 5.91 Å². The lowest BCUT2D eigenvalue weighted by atomic mass is 9.90. The van der Waals surface area contributed by atoms with E-state index in [1.54, 1.807) is 0 Å². The number of carbonyl (C=O) groups excluding carboxylic acids is 2. The van der Waals surface area contributed by atoms with E-state index < -0.39 is 0 Å². The van der Waals surface area contributed by atoms with Crippen molar-refractivity contribution in [2.45, 2.75) is 45.1 Å². The van der Waals surface area contributed by atoms with Crippen molar-refractivity contribution in [1.29, 1.82) is 0 Å². The highest BCUT2D eigenvalue weighted by atomic mass is 127. The van der Waals surface area contributed by atoms with Gasteiger partial charge in [-0.05, 0) is 55.5 Å². The molecule has 182 valence electrons. The van der Waals surface area contributed by atoms with Gasteiger partial charge >= 0.3 is 0 Å². The number of hydrogen-bond acceptors (Lipinski definition) is 3. The molecule has 8 heteroatoms. The zero-order valence-corrected chi connectivity index (χ0v) is 22.0. The maximum absolute atomic E-state index is 12.7. The Morgan fingerprint density at radius 2 is 1.79 bits per heavy atom. The van der Waals surface area contributed by atoms with E-state index in [1.807, 2.05) is 54.3 Å². The van der Waals surface area contributed by atoms with E-state index >= 15 is 0 Å². The summed E-state index contributed by atoms with van der Waals surface area (Å²) < 4.78 is 0. The highest BCUT2D eigenvalue weighted by Crippen LogP contribution is 2.31. The SMILES string of the molecule is CCNC(=NCc1ccc(C(=O)N2CCCCC2)cc1)NCC1CC(=O)Nc2ccccc21.I. The largest absolute Gasteiger partial charge is 0.357 e. The summed E-state index contributed by atoms with van der Waals surface area (Å²) in [6, 6.07) is 15.7. The number of para-hydroxylation sites is 1. The van der Waals surface area contributed by atoms with E-state index in [4.69, 9.17) is 4.99 Å². The lowest BCUT2D eigenvalue weighted by Crippen LogP contribution is -2.40. The first-order valence-corrected chi connectivity index (χ1v) is 11.9. The highest BCUT2D eigenvalue weighted by molar-refractivity contribution is 14.0. The lowest BCUT2D eigenvalue weighted by molar-refractivity contribution is -0.116. The van der Waals surface area contributed by atoms with E-state index in [0.717, 1.165) is 60.8 Å². The molecule has 1 saturated heterocycles. The molecular weight excluding hydrogens is 541 g/mol. The van der Waals surface area contributed by atoms with Gasteiger partial charge in [0.05, 0.1) is 6.54 Å². The molecule has 0 aliphatic carbocycles. The standard InChI is InChI=1S/C26H33N5O2.HI/c1-2-27-26(29-18-21-16-24(32)30-23-9-5-4-8-22(21)23)28-17-19-10-12-20(13-11-19)25(33)31-14-6-3-7-15-31;/h4-5,8-13,21H,2-3,6-7,14-18H2,1H3,(H,30,32)(H2,27,28,29);1H. The van der Waals surface area contributed by atoms with E-state index in [2.05, 4.69) is 22.0 Å². The van der Waals surface area contributed by atoms with Crippen LogP contribution in [0.25, 0.3) is 0 Å². The van der Waals surface area contributed by atoms with Gasteiger partial charge in [0.15, 0.2) is 5.96 Å². The number of piperidine rings is 1. The van der Waals surface area contributed by atoms with Crippen LogP contribution >= 0.6 is 24.0 Å². The fraction of sp³-hybridized carbons (Fsp3) is 0.423. The maximum atomic E-state index is 12.7. The van der Waals surface area contributed by atoms with Gasteiger partial charge in [-0.25, -0.2) is 4.99 Å². The summed E-state index contributed by atoms with van der Waals surface area (Å²) in [5, 5.41) is 9.61. The number of fused-ring (bicyclic) bond motifs is 1. The predicted molar refractivity (Wildman–Crippen MR) is 147 cm³/mol. The van der Waals surface area contributed by atoms with Crippen molar-refractivity contribution >= 4 is 47.4 Å². The number of likely N-dealkylation sites (tertiary alicyclic amines) is 1. The molecule has 4 rings (SSSR count). The van der Waals surface area contributed by atoms with Gasteiger partial charge in [-0.1, -0.05) is 30.3 Å². The first-order valence-electron chi connectivity index (χ1n) is 11.9. The molecule has 0 spiro atoms. The number of anilines is 1. The van der Waals surface area contributed by atoms with Gasteiger partial charge in [0.1, 0.15) is 0 Å². The Labute approximate surface area is 218 Å². The number of guanidine groups is 1. The zero-order valence-electron chi connectivity index (χ0n) is 19.7. The van der Waals surface area contributed by atoms with Crippen molar-refractivity contribution in [2.75, 3.05) is 31.5 Å². The van der Waals surface area contributed by atoms with Gasteiger partial charge in [-0.2, -0.15) is 0 Å². The molecule has 0 saturated carbocycles. The normalized spacial score (nSPS) is 17.8. The molecule has 2 aromatic rings. The average Bonchev–Trinajstić information content (AvgIpc) is 2.86. The first-order chi connectivity index (χ1) is 16.1. The second-order valence-electron chi connectivity index (χ2n) is 8.66. The molecule has 7 nitrogen and oxygen atoms in total. The van der Waals surface area contributed by atoms with Crippen LogP contribution in [-0.2, 0) is 11.3 Å². The summed E-state index contributed by atoms with van der Waals surface area (Å²) >= 11 is 0. The summed E-state index contributed by atoms with van der Waals surface area (Å²) in [5.74, 6) is 0.978. The number of benzene rings is 2. The van der Waals surface area contributed by atoms with Crippen molar-refractivity contribution in [2.24, 2.45) is 4.99 Å². The summed E-state index contributed by atoms with van der Waals surface area (Å²) in [5.41, 5.74) is 3.82. The Morgan fingerprint density at radius 3 is 2.53 bits per heavy atom. The van der Waals surface area contributed by atoms with Gasteiger partial charge in [0, 0.05) is 49.8 Å². The molecule has 34 heavy (non-hydrogen) atoms. The van der Waals surface area contributed by atoms with Crippen LogP contribution in [0.2, 0.25) is 0 Å². The third-order valence-electron chi connectivity index (χ3n) is 6.23. The minimum Gasteiger partial charge on any atom is -0.357 e. The van der Waals surface area contributed by atoms with Crippen LogP contribution in [0.15, 0.2) is 53.5 Å². The molecule has 2 aliphatic heterocycles. The smallest absolute Gasteiger partial charge is 0.253 e. The van der Waals surface area contributed by atoms with Crippen LogP contribution in [-0.4, -0.2) is 48.9 Å². The Kier molecular flexibility index (Phi) is 9.74. The number of nitrogens with zero attached hydrogens (tertiary/aromatic N) is 2. The first kappa shape index (κ1) is 26.0. The Hall–Kier alpha value is -2.62. The van der Waals surface area contributed by atoms with E-state index in [1.165, 1.54) is 6.42 Å². The number of hydrogen-bond donors (Lipinski definition) is 3. The highest BCUT2D eigenvalue weighted by Gasteiger charge is 2.24. The fourth-order valence-electron chi connectivity index (χ4n) is 4.45. The van der Waals surface area contributed by atoms with Gasteiger partial charge in [-0.3, -0.25) is 9.59 Å². The summed E-state index contributed by atoms with van der Waals surface area (Å²) in [6.45, 7) is 5.62. The van der Waals surface area contributed by atoms with E-state index in [-0.39, 0.29) is 41.7 Å². The van der Waals surface area contributed by atoms with E-state index in [9.17, 15) is 9.59 Å². The Balaban J connectivity index is 0.00000324. The van der Waals surface area contributed by atoms with Crippen molar-refractivity contribution in [3.8, 4) is 0 Å². The number of carbonyl (C=O) groups is 2. The molecule has 1 atom stereocenters. The summed E-state index contributed by atoms with van der Waals surface area (Å²) in [7, 11) is 0. The van der Waals surface area contributed by atoms with Crippen molar-refractivity contribution in [3.05, 3.63) is 65.2 Å². The Morgan fingerprint density at radius 1 is 1.06 bits per heavy atom. The molecule has 2 amide bonds. The fourth-order valence-corrected chi connectivity index (χ4v) is 4.45. The molecule has 3 N–H and O–H groups in total. The second kappa shape index (κ2) is 12.7. The van der Waals surface area contributed by atoms with Crippen LogP contribution in [0.5, 0.6) is 0 Å². The molecule has 1 fully saturated rings. The number of amides is 2. The second-order valence-corrected chi connectivity index (χ2v) is 8.66. The van der Waals surface area contributed by atoms with Gasteiger partial charge < -0.3 is 20.9 Å². The average molecular weight is 575 g/mol. The van der Waals surface area contributed by atoms with Crippen molar-refractivity contribution in [1.82, 2.24) is 15.5 Å². The monoisotopic (exact) mass is 575 g/mol. The third kappa shape index (κ3) is 6.71. The van der Waals surface area contributed by atoms with Crippen molar-refractivity contribution in [3.63, 3.8) is 0 Å². The number of rotatable bonds is 6. The molecule has 2 aromatic carbocycles.